The molecule has 318 valence electrons. The summed E-state index contributed by atoms with van der Waals surface area (Å²) in [6.45, 7) is 6.01. The highest BCUT2D eigenvalue weighted by atomic mass is 19.1. The van der Waals surface area contributed by atoms with Crippen molar-refractivity contribution in [1.29, 1.82) is 0 Å². The third-order valence-corrected chi connectivity index (χ3v) is 13.5. The number of halogens is 2. The molecule has 0 aliphatic heterocycles. The van der Waals surface area contributed by atoms with E-state index in [0.717, 1.165) is 17.2 Å². The minimum absolute atomic E-state index is 0.00667. The smallest absolute Gasteiger partial charge is 0.243 e. The molecule has 6 rings (SSSR count). The molecule has 0 bridgehead atoms. The van der Waals surface area contributed by atoms with E-state index in [1.54, 1.807) is 38.2 Å². The van der Waals surface area contributed by atoms with Gasteiger partial charge in [-0.1, -0.05) is 44.2 Å². The van der Waals surface area contributed by atoms with Crippen LogP contribution in [0.3, 0.4) is 0 Å². The number of hydrogen-bond donors (Lipinski definition) is 6. The van der Waals surface area contributed by atoms with Crippen LogP contribution < -0.4 is 26.2 Å². The molecule has 3 fully saturated rings. The molecule has 0 spiro atoms. The van der Waals surface area contributed by atoms with Gasteiger partial charge < -0.3 is 36.4 Å². The minimum atomic E-state index is -2.33. The van der Waals surface area contributed by atoms with E-state index in [0.29, 0.717) is 12.2 Å². The lowest BCUT2D eigenvalue weighted by Crippen LogP contribution is -2.70. The van der Waals surface area contributed by atoms with Gasteiger partial charge in [-0.2, -0.15) is 4.89 Å². The maximum absolute atomic E-state index is 17.6. The number of amides is 3. The molecule has 4 aliphatic rings. The number of rotatable bonds is 15. The predicted molar refractivity (Wildman–Crippen MR) is 213 cm³/mol. The first-order valence-corrected chi connectivity index (χ1v) is 20.1. The van der Waals surface area contributed by atoms with Gasteiger partial charge in [0.05, 0.1) is 12.6 Å². The Hall–Kier alpha value is -4.83. The number of benzene rings is 2. The van der Waals surface area contributed by atoms with E-state index in [9.17, 15) is 34.2 Å². The van der Waals surface area contributed by atoms with Crippen molar-refractivity contribution >= 4 is 35.0 Å². The van der Waals surface area contributed by atoms with Crippen LogP contribution in [0.2, 0.25) is 0 Å². The molecule has 0 heterocycles. The first kappa shape index (κ1) is 43.7. The Bertz CT molecular complexity index is 2030. The summed E-state index contributed by atoms with van der Waals surface area (Å²) < 4.78 is 33.5. The highest BCUT2D eigenvalue weighted by Gasteiger charge is 2.76. The second-order valence-electron chi connectivity index (χ2n) is 16.8. The molecule has 0 aromatic heterocycles. The Kier molecular flexibility index (Phi) is 12.6. The molecule has 0 radical (unpaired) electrons. The monoisotopic (exact) mass is 820 g/mol. The van der Waals surface area contributed by atoms with Crippen molar-refractivity contribution in [3.63, 3.8) is 0 Å². The number of ketones is 2. The molecular weight excluding hydrogens is 766 g/mol. The van der Waals surface area contributed by atoms with Gasteiger partial charge in [0, 0.05) is 41.3 Å². The molecule has 0 saturated heterocycles. The van der Waals surface area contributed by atoms with Crippen LogP contribution in [0.25, 0.3) is 0 Å². The SMILES string of the molecule is CNCCC(=O)NC(C)C(=O)NCC(=O)Nc1cccc(C(C)c2ccc(OOC3(C(=O)CO)CCC4C5C[C@H](F)C6=CC(=O)C=CC6(C)[C@@]5(F)C(O)CC43C)cc2)c1. The van der Waals surface area contributed by atoms with Crippen molar-refractivity contribution in [2.24, 2.45) is 22.7 Å². The van der Waals surface area contributed by atoms with Gasteiger partial charge in [0.1, 0.15) is 18.8 Å². The number of carbonyl (C=O) groups excluding carboxylic acids is 5. The zero-order chi connectivity index (χ0) is 42.9. The Morgan fingerprint density at radius 1 is 1.02 bits per heavy atom. The Morgan fingerprint density at radius 3 is 2.44 bits per heavy atom. The molecule has 2 aromatic rings. The fourth-order valence-corrected chi connectivity index (χ4v) is 10.1. The molecule has 2 aromatic carbocycles. The first-order valence-electron chi connectivity index (χ1n) is 20.1. The number of anilines is 1. The topological polar surface area (TPSA) is 192 Å². The Labute approximate surface area is 342 Å². The van der Waals surface area contributed by atoms with Gasteiger partial charge >= 0.3 is 0 Å². The highest BCUT2D eigenvalue weighted by Crippen LogP contribution is 2.70. The average Bonchev–Trinajstić information content (AvgIpc) is 3.51. The highest BCUT2D eigenvalue weighted by molar-refractivity contribution is 6.01. The average molecular weight is 821 g/mol. The lowest BCUT2D eigenvalue weighted by Gasteiger charge is -2.63. The molecule has 10 atom stereocenters. The quantitative estimate of drug-likeness (QED) is 0.113. The van der Waals surface area contributed by atoms with Crippen LogP contribution in [-0.2, 0) is 28.9 Å². The third kappa shape index (κ3) is 7.85. The van der Waals surface area contributed by atoms with E-state index in [1.807, 2.05) is 31.2 Å². The first-order chi connectivity index (χ1) is 27.9. The van der Waals surface area contributed by atoms with Crippen molar-refractivity contribution in [3.8, 4) is 5.75 Å². The normalized spacial score (nSPS) is 31.7. The number of allylic oxidation sites excluding steroid dienone is 4. The standard InChI is InChI=1S/C44H54F2N4O9/c1-25(28-7-6-8-29(19-28)50-39(56)23-48-40(57)26(2)49-38(55)15-18-47-5)27-9-11-31(12-10-27)58-59-43(37(54)24-51)17-14-32-33-21-35(45)34-20-30(52)13-16-41(34,3)44(33,46)36(53)22-42(32,43)4/h6-13,16,19-20,25-26,32-33,35-36,47,51,53H,14-15,17-18,21-24H2,1-5H3,(H,48,57)(H,49,55)(H,50,56)/t25?,26?,32?,33?,35-,36?,41?,42?,43?,44-/m0/s1. The summed E-state index contributed by atoms with van der Waals surface area (Å²) in [5.74, 6) is -3.93. The van der Waals surface area contributed by atoms with Crippen LogP contribution >= 0.6 is 0 Å². The van der Waals surface area contributed by atoms with E-state index in [-0.39, 0.29) is 61.8 Å². The summed E-state index contributed by atoms with van der Waals surface area (Å²) in [6.07, 6.45) is 0.399. The number of nitrogens with one attached hydrogen (secondary N) is 4. The van der Waals surface area contributed by atoms with Crippen LogP contribution in [0.15, 0.2) is 72.3 Å². The fourth-order valence-electron chi connectivity index (χ4n) is 10.1. The number of hydrogen-bond acceptors (Lipinski definition) is 10. The lowest BCUT2D eigenvalue weighted by molar-refractivity contribution is -0.323. The zero-order valence-corrected chi connectivity index (χ0v) is 34.0. The molecule has 8 unspecified atom stereocenters. The number of carbonyl (C=O) groups is 5. The molecule has 4 aliphatic carbocycles. The van der Waals surface area contributed by atoms with Crippen LogP contribution in [0.1, 0.15) is 76.8 Å². The van der Waals surface area contributed by atoms with Gasteiger partial charge in [0.25, 0.3) is 0 Å². The summed E-state index contributed by atoms with van der Waals surface area (Å²) in [7, 11) is 1.72. The summed E-state index contributed by atoms with van der Waals surface area (Å²) in [4.78, 5) is 74.7. The molecule has 3 saturated carbocycles. The van der Waals surface area contributed by atoms with Crippen molar-refractivity contribution in [2.75, 3.05) is 32.1 Å². The largest absolute Gasteiger partial charge is 0.390 e. The fraction of sp³-hybridized carbons (Fsp3) is 0.523. The summed E-state index contributed by atoms with van der Waals surface area (Å²) in [5.41, 5.74) is -4.67. The van der Waals surface area contributed by atoms with E-state index >= 15 is 8.78 Å². The second-order valence-corrected chi connectivity index (χ2v) is 16.8. The van der Waals surface area contributed by atoms with E-state index < -0.39 is 82.2 Å². The molecule has 15 heteroatoms. The van der Waals surface area contributed by atoms with Crippen molar-refractivity contribution in [3.05, 3.63) is 83.5 Å². The van der Waals surface area contributed by atoms with Crippen molar-refractivity contribution < 1.29 is 52.7 Å². The number of aliphatic hydroxyl groups is 2. The Morgan fingerprint density at radius 2 is 1.75 bits per heavy atom. The van der Waals surface area contributed by atoms with Gasteiger partial charge in [-0.05, 0) is 106 Å². The van der Waals surface area contributed by atoms with Crippen molar-refractivity contribution in [1.82, 2.24) is 16.0 Å². The molecular formula is C44H54F2N4O9. The van der Waals surface area contributed by atoms with Gasteiger partial charge in [0.2, 0.25) is 17.7 Å². The van der Waals surface area contributed by atoms with Crippen LogP contribution in [0.5, 0.6) is 5.75 Å². The van der Waals surface area contributed by atoms with E-state index in [2.05, 4.69) is 21.3 Å². The van der Waals surface area contributed by atoms with Gasteiger partial charge in [-0.15, -0.1) is 0 Å². The van der Waals surface area contributed by atoms with Gasteiger partial charge in [0.15, 0.2) is 28.6 Å². The van der Waals surface area contributed by atoms with Crippen LogP contribution in [0, 0.1) is 22.7 Å². The number of Topliss-reactive ketones (excluding diaryl/α,β-unsaturated/α-hetero) is 1. The number of fused-ring (bicyclic) bond motifs is 5. The summed E-state index contributed by atoms with van der Waals surface area (Å²) in [5, 5.41) is 32.6. The summed E-state index contributed by atoms with van der Waals surface area (Å²) in [6, 6.07) is 13.3. The summed E-state index contributed by atoms with van der Waals surface area (Å²) >= 11 is 0. The predicted octanol–water partition coefficient (Wildman–Crippen LogP) is 3.94. The van der Waals surface area contributed by atoms with E-state index in [4.69, 9.17) is 9.78 Å². The molecule has 6 N–H and O–H groups in total. The maximum Gasteiger partial charge on any atom is 0.243 e. The van der Waals surface area contributed by atoms with Gasteiger partial charge in [-0.25, -0.2) is 8.78 Å². The van der Waals surface area contributed by atoms with Crippen LogP contribution in [-0.4, -0.2) is 95.8 Å². The van der Waals surface area contributed by atoms with Crippen LogP contribution in [0.4, 0.5) is 14.5 Å². The van der Waals surface area contributed by atoms with Crippen molar-refractivity contribution in [2.45, 2.75) is 95.3 Å². The lowest BCUT2D eigenvalue weighted by atomic mass is 9.44. The maximum atomic E-state index is 17.6. The zero-order valence-electron chi connectivity index (χ0n) is 34.0. The Balaban J connectivity index is 1.10. The molecule has 59 heavy (non-hydrogen) atoms. The van der Waals surface area contributed by atoms with E-state index in [1.165, 1.54) is 26.0 Å². The third-order valence-electron chi connectivity index (χ3n) is 13.5. The molecule has 3 amide bonds. The number of alkyl halides is 2. The number of aliphatic hydroxyl groups excluding tert-OH is 2. The molecule has 13 nitrogen and oxygen atoms in total. The minimum Gasteiger partial charge on any atom is -0.390 e. The second kappa shape index (κ2) is 17.0. The van der Waals surface area contributed by atoms with Gasteiger partial charge in [-0.3, -0.25) is 24.0 Å².